The Morgan fingerprint density at radius 2 is 0.792 bits per heavy atom. The number of carbonyl (C=O) groups is 10. The standard InChI is InChI=1S/C66H118N10O30/c1-45(79)73-58-62(92)60(90)47(40-77)104-64(58)102-25-5-3-10-49(81)69-21-8-23-71-52(84)15-29-100-43-66(42-99-28-14-51(83)68-20-7-19-67,75-54(86)17-27-94-32-34-96-36-38-98-39-37-97-35-33-95-31-18-57(89)106-76-55(87)12-13-56(76)88)44-101-30-16-53(85)72-24-9-22-70-50(82)11-4-6-26-103-65-59(74-46(2)80)63(93)61(91)48(41-78)105-65/h47-48,55,58-65,77-78,87,90-93H,3-44,67H2,1-2H3,(H,68,83)(H,69,81)(H,70,82)(H,71,84)(H,72,85)(H,73,79)(H,74,80)(H,75,86). The van der Waals surface area contributed by atoms with Gasteiger partial charge >= 0.3 is 5.97 Å². The molecule has 0 spiro atoms. The van der Waals surface area contributed by atoms with Crippen LogP contribution in [-0.2, 0) is 110 Å². The van der Waals surface area contributed by atoms with E-state index in [0.29, 0.717) is 63.1 Å². The van der Waals surface area contributed by atoms with Gasteiger partial charge in [0.15, 0.2) is 18.8 Å². The molecule has 0 bridgehead atoms. The van der Waals surface area contributed by atoms with Crippen LogP contribution in [0.15, 0.2) is 0 Å². The number of hydrogen-bond acceptors (Lipinski definition) is 31. The van der Waals surface area contributed by atoms with Gasteiger partial charge in [-0.25, -0.2) is 4.79 Å². The molecule has 0 saturated carbocycles. The van der Waals surface area contributed by atoms with E-state index in [4.69, 9.17) is 67.4 Å². The maximum Gasteiger partial charge on any atom is 0.334 e. The zero-order valence-electron chi connectivity index (χ0n) is 61.1. The largest absolute Gasteiger partial charge is 0.394 e. The van der Waals surface area contributed by atoms with E-state index in [-0.39, 0.29) is 232 Å². The van der Waals surface area contributed by atoms with Crippen molar-refractivity contribution in [1.29, 1.82) is 0 Å². The fraction of sp³-hybridized carbons (Fsp3) is 0.848. The van der Waals surface area contributed by atoms with Gasteiger partial charge in [-0.3, -0.25) is 43.2 Å². The fourth-order valence-corrected chi connectivity index (χ4v) is 10.4. The summed E-state index contributed by atoms with van der Waals surface area (Å²) in [7, 11) is 0. The molecule has 11 atom stereocenters. The molecule has 17 N–H and O–H groups in total. The smallest absolute Gasteiger partial charge is 0.334 e. The van der Waals surface area contributed by atoms with E-state index in [9.17, 15) is 83.7 Å². The van der Waals surface area contributed by atoms with Crippen molar-refractivity contribution in [2.75, 3.05) is 171 Å². The van der Waals surface area contributed by atoms with E-state index in [0.717, 1.165) is 0 Å². The van der Waals surface area contributed by atoms with Crippen LogP contribution in [0, 0.1) is 0 Å². The summed E-state index contributed by atoms with van der Waals surface area (Å²) >= 11 is 0. The Morgan fingerprint density at radius 3 is 1.15 bits per heavy atom. The summed E-state index contributed by atoms with van der Waals surface area (Å²) in [5, 5.41) is 92.6. The van der Waals surface area contributed by atoms with E-state index in [1.54, 1.807) is 0 Å². The Balaban J connectivity index is 1.46. The summed E-state index contributed by atoms with van der Waals surface area (Å²) in [4.78, 5) is 129. The minimum Gasteiger partial charge on any atom is -0.394 e. The first-order chi connectivity index (χ1) is 51.0. The summed E-state index contributed by atoms with van der Waals surface area (Å²) in [5.74, 6) is -4.18. The van der Waals surface area contributed by atoms with E-state index in [1.165, 1.54) is 13.8 Å². The molecule has 3 fully saturated rings. The minimum atomic E-state index is -1.45. The highest BCUT2D eigenvalue weighted by Crippen LogP contribution is 2.25. The average molecular weight is 1530 g/mol. The number of nitrogens with one attached hydrogen (secondary N) is 8. The number of hydrogen-bond donors (Lipinski definition) is 16. The van der Waals surface area contributed by atoms with E-state index in [1.807, 2.05) is 0 Å². The van der Waals surface area contributed by atoms with Crippen LogP contribution in [0.4, 0.5) is 0 Å². The van der Waals surface area contributed by atoms with Crippen molar-refractivity contribution in [3.63, 3.8) is 0 Å². The number of rotatable bonds is 62. The van der Waals surface area contributed by atoms with Crippen LogP contribution in [0.25, 0.3) is 0 Å². The minimum absolute atomic E-state index is 0.0249. The quantitative estimate of drug-likeness (QED) is 0.0252. The third-order valence-corrected chi connectivity index (χ3v) is 16.1. The second kappa shape index (κ2) is 57.1. The molecule has 106 heavy (non-hydrogen) atoms. The molecule has 0 aromatic rings. The summed E-state index contributed by atoms with van der Waals surface area (Å²) < 4.78 is 68.1. The lowest BCUT2D eigenvalue weighted by molar-refractivity contribution is -0.270. The number of hydroxylamine groups is 2. The molecule has 9 amide bonds. The number of ether oxygens (including phenoxy) is 12. The molecule has 0 aromatic carbocycles. The molecule has 0 aliphatic carbocycles. The first-order valence-electron chi connectivity index (χ1n) is 36.2. The lowest BCUT2D eigenvalue weighted by Crippen LogP contribution is -2.64. The fourth-order valence-electron chi connectivity index (χ4n) is 10.4. The van der Waals surface area contributed by atoms with Crippen LogP contribution < -0.4 is 48.3 Å². The Hall–Kier alpha value is -6.10. The van der Waals surface area contributed by atoms with Gasteiger partial charge in [0.2, 0.25) is 47.3 Å². The zero-order valence-corrected chi connectivity index (χ0v) is 61.1. The predicted molar refractivity (Wildman–Crippen MR) is 367 cm³/mol. The van der Waals surface area contributed by atoms with Gasteiger partial charge in [-0.2, -0.15) is 0 Å². The van der Waals surface area contributed by atoms with Crippen molar-refractivity contribution in [3.8, 4) is 0 Å². The summed E-state index contributed by atoms with van der Waals surface area (Å²) in [6.45, 7) is 3.86. The zero-order chi connectivity index (χ0) is 77.7. The third-order valence-electron chi connectivity index (χ3n) is 16.1. The molecule has 3 aliphatic heterocycles. The number of nitrogens with zero attached hydrogens (tertiary/aromatic N) is 1. The monoisotopic (exact) mass is 1530 g/mol. The number of unbranched alkanes of at least 4 members (excludes halogenated alkanes) is 2. The Labute approximate surface area is 617 Å². The lowest BCUT2D eigenvalue weighted by atomic mass is 9.97. The Bertz CT molecular complexity index is 2420. The van der Waals surface area contributed by atoms with Gasteiger partial charge in [0.1, 0.15) is 54.2 Å². The average Bonchev–Trinajstić information content (AvgIpc) is 1.04. The number of nitrogens with two attached hydrogens (primary N) is 1. The third kappa shape index (κ3) is 41.5. The molecule has 612 valence electrons. The molecule has 11 unspecified atom stereocenters. The van der Waals surface area contributed by atoms with E-state index in [2.05, 4.69) is 42.5 Å². The van der Waals surface area contributed by atoms with Gasteiger partial charge in [0.05, 0.1) is 125 Å². The van der Waals surface area contributed by atoms with Crippen molar-refractivity contribution >= 4 is 59.1 Å². The number of amides is 9. The normalized spacial score (nSPS) is 22.0. The van der Waals surface area contributed by atoms with Crippen LogP contribution in [0.1, 0.15) is 117 Å². The van der Waals surface area contributed by atoms with Gasteiger partial charge < -0.3 is 146 Å². The van der Waals surface area contributed by atoms with Crippen LogP contribution >= 0.6 is 0 Å². The molecule has 3 saturated heterocycles. The first-order valence-corrected chi connectivity index (χ1v) is 36.2. The Morgan fingerprint density at radius 1 is 0.443 bits per heavy atom. The van der Waals surface area contributed by atoms with Crippen molar-refractivity contribution in [3.05, 3.63) is 0 Å². The van der Waals surface area contributed by atoms with Crippen LogP contribution in [0.3, 0.4) is 0 Å². The predicted octanol–water partition coefficient (Wildman–Crippen LogP) is -6.71. The second-order valence-corrected chi connectivity index (χ2v) is 25.1. The van der Waals surface area contributed by atoms with Gasteiger partial charge in [-0.1, -0.05) is 0 Å². The molecule has 0 aromatic heterocycles. The summed E-state index contributed by atoms with van der Waals surface area (Å²) in [6, 6.07) is -2.18. The lowest BCUT2D eigenvalue weighted by Gasteiger charge is -2.42. The maximum absolute atomic E-state index is 13.7. The van der Waals surface area contributed by atoms with Crippen molar-refractivity contribution in [2.24, 2.45) is 5.73 Å². The number of aliphatic hydroxyl groups excluding tert-OH is 7. The molecular formula is C66H118N10O30. The summed E-state index contributed by atoms with van der Waals surface area (Å²) in [6.07, 6.45) is -8.46. The maximum atomic E-state index is 13.7. The molecular weight excluding hydrogens is 1410 g/mol. The van der Waals surface area contributed by atoms with Gasteiger partial charge in [-0.05, 0) is 51.5 Å². The molecule has 40 heteroatoms. The molecule has 40 nitrogen and oxygen atoms in total. The van der Waals surface area contributed by atoms with E-state index < -0.39 is 116 Å². The van der Waals surface area contributed by atoms with Crippen LogP contribution in [0.2, 0.25) is 0 Å². The van der Waals surface area contributed by atoms with Crippen molar-refractivity contribution in [1.82, 2.24) is 47.6 Å². The van der Waals surface area contributed by atoms with Gasteiger partial charge in [-0.15, -0.1) is 5.06 Å². The second-order valence-electron chi connectivity index (χ2n) is 25.1. The SMILES string of the molecule is CC(=O)NC1C(OCCCCC(=O)NCCCNC(=O)CCOCC(COCCC(=O)NCCCN)(COCCC(=O)NCCCNC(=O)CCCCOC2OC(CO)C(O)C(O)C2NC(C)=O)NC(=O)CCOCCOCCOCCOCCOCCC(=O)ON2C(=O)CCC2O)OC(CO)C(O)C1O. The highest BCUT2D eigenvalue weighted by molar-refractivity contribution is 5.80. The van der Waals surface area contributed by atoms with E-state index >= 15 is 0 Å². The van der Waals surface area contributed by atoms with Gasteiger partial charge in [0, 0.05) is 111 Å². The molecule has 3 aliphatic rings. The van der Waals surface area contributed by atoms with Crippen LogP contribution in [-0.4, -0.2) is 344 Å². The number of carbonyl (C=O) groups excluding carboxylic acids is 10. The topological polar surface area (TPSA) is 558 Å². The highest BCUT2D eigenvalue weighted by Gasteiger charge is 2.47. The molecule has 3 heterocycles. The van der Waals surface area contributed by atoms with Crippen LogP contribution in [0.5, 0.6) is 0 Å². The highest BCUT2D eigenvalue weighted by atomic mass is 16.7. The first kappa shape index (κ1) is 94.1. The summed E-state index contributed by atoms with van der Waals surface area (Å²) in [5.41, 5.74) is 4.14. The Kier molecular flexibility index (Phi) is 50.6. The molecule has 3 rings (SSSR count). The number of aliphatic hydroxyl groups is 7. The van der Waals surface area contributed by atoms with Crippen molar-refractivity contribution < 1.29 is 145 Å². The van der Waals surface area contributed by atoms with Crippen molar-refractivity contribution in [2.45, 2.75) is 190 Å². The van der Waals surface area contributed by atoms with Gasteiger partial charge in [0.25, 0.3) is 5.91 Å². The molecule has 0 radical (unpaired) electrons.